The second kappa shape index (κ2) is 4.43. The Kier molecular flexibility index (Phi) is 3.55. The third kappa shape index (κ3) is 1.81. The third-order valence-electron chi connectivity index (χ3n) is 4.25. The van der Waals surface area contributed by atoms with Crippen LogP contribution in [-0.2, 0) is 30.0 Å². The quantitative estimate of drug-likeness (QED) is 0.551. The van der Waals surface area contributed by atoms with E-state index in [0.29, 0.717) is 17.4 Å². The van der Waals surface area contributed by atoms with Gasteiger partial charge in [0.1, 0.15) is 0 Å². The van der Waals surface area contributed by atoms with Crippen molar-refractivity contribution in [2.45, 2.75) is 44.3 Å². The summed E-state index contributed by atoms with van der Waals surface area (Å²) in [5.74, 6) is 5.97. The van der Waals surface area contributed by atoms with E-state index in [4.69, 9.17) is 15.5 Å². The van der Waals surface area contributed by atoms with Gasteiger partial charge in [-0.25, -0.2) is 5.90 Å². The Balaban J connectivity index is 0.000000853. The van der Waals surface area contributed by atoms with Gasteiger partial charge in [-0.15, -0.1) is 5.41 Å². The Morgan fingerprint density at radius 3 is 3.00 bits per heavy atom. The van der Waals surface area contributed by atoms with Crippen molar-refractivity contribution >= 4 is 0 Å². The Morgan fingerprint density at radius 2 is 2.27 bits per heavy atom. The van der Waals surface area contributed by atoms with E-state index in [9.17, 15) is 0 Å². The van der Waals surface area contributed by atoms with Gasteiger partial charge in [0.25, 0.3) is 0 Å². The molecule has 0 aromatic heterocycles. The number of ether oxygens (including phenoxy) is 1. The molecule has 2 saturated carbocycles. The summed E-state index contributed by atoms with van der Waals surface area (Å²) >= 11 is 0. The molecule has 0 aromatic carbocycles. The molecule has 2 N–H and O–H groups in total. The minimum absolute atomic E-state index is 0. The fourth-order valence-electron chi connectivity index (χ4n) is 3.38. The van der Waals surface area contributed by atoms with E-state index in [-0.39, 0.29) is 26.5 Å². The average Bonchev–Trinajstić information content (AvgIpc) is 2.86. The van der Waals surface area contributed by atoms with E-state index in [1.165, 1.54) is 19.3 Å². The molecule has 1 heterocycles. The first kappa shape index (κ1) is 12.0. The molecule has 4 heteroatoms. The second-order valence-corrected chi connectivity index (χ2v) is 4.89. The fraction of sp³-hybridized carbons (Fsp3) is 0.909. The van der Waals surface area contributed by atoms with Gasteiger partial charge in [-0.1, -0.05) is 6.42 Å². The number of hydrogen-bond acceptors (Lipinski definition) is 3. The van der Waals surface area contributed by atoms with Gasteiger partial charge in [-0.3, -0.25) is 0 Å². The van der Waals surface area contributed by atoms with Gasteiger partial charge >= 0.3 is 0 Å². The molecule has 3 nitrogen and oxygen atoms in total. The van der Waals surface area contributed by atoms with Crippen molar-refractivity contribution in [1.82, 2.24) is 0 Å². The van der Waals surface area contributed by atoms with Crippen molar-refractivity contribution in [3.8, 4) is 0 Å². The molecule has 1 saturated heterocycles. The molecule has 0 bridgehead atoms. The maximum Gasteiger partial charge on any atom is 0.0559 e. The summed E-state index contributed by atoms with van der Waals surface area (Å²) in [7, 11) is 0. The van der Waals surface area contributed by atoms with E-state index in [2.05, 4.69) is 6.42 Å². The molecular weight excluding hydrogens is 364 g/mol. The zero-order chi connectivity index (χ0) is 9.60. The van der Waals surface area contributed by atoms with Gasteiger partial charge in [0.05, 0.1) is 6.10 Å². The molecule has 1 aliphatic heterocycles. The normalized spacial score (nSPS) is 48.2. The summed E-state index contributed by atoms with van der Waals surface area (Å²) in [4.78, 5) is 5.00. The van der Waals surface area contributed by atoms with Crippen LogP contribution in [0.4, 0.5) is 0 Å². The van der Waals surface area contributed by atoms with Crippen LogP contribution < -0.4 is 5.90 Å². The third-order valence-corrected chi connectivity index (χ3v) is 4.25. The molecular formula is C11H18NO2Re-. The van der Waals surface area contributed by atoms with Crippen LogP contribution in [0.25, 0.3) is 0 Å². The topological polar surface area (TPSA) is 44.5 Å². The van der Waals surface area contributed by atoms with Crippen LogP contribution in [0.3, 0.4) is 0 Å². The molecule has 15 heavy (non-hydrogen) atoms. The maximum atomic E-state index is 5.87. The molecule has 1 unspecified atom stereocenters. The standard InChI is InChI=1S/C11H18NO2.Re/c12-14-10-7-11(10)5-4-9-8(11)3-1-2-6-13-9;/h5,8-10H,1-4,6-7,12H2;/q-1;/t8-,9-,10+,11?;/m0./s1. The van der Waals surface area contributed by atoms with Crippen LogP contribution in [0.2, 0.25) is 0 Å². The minimum atomic E-state index is 0. The molecule has 4 atom stereocenters. The Bertz CT molecular complexity index is 239. The first-order chi connectivity index (χ1) is 6.87. The number of fused-ring (bicyclic) bond motifs is 2. The summed E-state index contributed by atoms with van der Waals surface area (Å²) in [6.45, 7) is 0.944. The largest absolute Gasteiger partial charge is 0.381 e. The van der Waals surface area contributed by atoms with E-state index in [1.54, 1.807) is 0 Å². The smallest absolute Gasteiger partial charge is 0.0559 e. The van der Waals surface area contributed by atoms with Crippen molar-refractivity contribution in [3.63, 3.8) is 0 Å². The molecule has 2 aliphatic carbocycles. The summed E-state index contributed by atoms with van der Waals surface area (Å²) in [5, 5.41) is 0. The molecule has 1 spiro atoms. The number of hydrogen-bond donors (Lipinski definition) is 1. The zero-order valence-electron chi connectivity index (χ0n) is 8.82. The van der Waals surface area contributed by atoms with Crippen molar-refractivity contribution in [1.29, 1.82) is 0 Å². The van der Waals surface area contributed by atoms with Gasteiger partial charge in [-0.05, 0) is 25.2 Å². The SMILES string of the molecule is NO[C@@H]1CC12[CH-]C[C@@H]1OCCCC[C@@H]12.[Re]. The van der Waals surface area contributed by atoms with Crippen LogP contribution in [-0.4, -0.2) is 18.8 Å². The fourth-order valence-corrected chi connectivity index (χ4v) is 3.38. The van der Waals surface area contributed by atoms with Crippen molar-refractivity contribution in [3.05, 3.63) is 6.42 Å². The van der Waals surface area contributed by atoms with E-state index < -0.39 is 0 Å². The molecule has 1 radical (unpaired) electrons. The molecule has 3 rings (SSSR count). The monoisotopic (exact) mass is 383 g/mol. The van der Waals surface area contributed by atoms with Crippen LogP contribution >= 0.6 is 0 Å². The van der Waals surface area contributed by atoms with Crippen LogP contribution in [0.1, 0.15) is 32.1 Å². The summed E-state index contributed by atoms with van der Waals surface area (Å²) < 4.78 is 5.87. The minimum Gasteiger partial charge on any atom is -0.381 e. The van der Waals surface area contributed by atoms with E-state index >= 15 is 0 Å². The molecule has 0 amide bonds. The summed E-state index contributed by atoms with van der Waals surface area (Å²) in [6, 6.07) is 0. The van der Waals surface area contributed by atoms with Gasteiger partial charge in [0.15, 0.2) is 0 Å². The van der Waals surface area contributed by atoms with Crippen LogP contribution in [0.5, 0.6) is 0 Å². The Hall–Kier alpha value is 0.542. The maximum absolute atomic E-state index is 5.87. The number of nitrogens with two attached hydrogens (primary N) is 1. The van der Waals surface area contributed by atoms with Crippen molar-refractivity contribution in [2.24, 2.45) is 17.2 Å². The molecule has 3 fully saturated rings. The van der Waals surface area contributed by atoms with Gasteiger partial charge in [0.2, 0.25) is 0 Å². The zero-order valence-corrected chi connectivity index (χ0v) is 11.5. The first-order valence-electron chi connectivity index (χ1n) is 5.68. The van der Waals surface area contributed by atoms with Crippen molar-refractivity contribution in [2.75, 3.05) is 6.61 Å². The predicted molar refractivity (Wildman–Crippen MR) is 52.1 cm³/mol. The predicted octanol–water partition coefficient (Wildman–Crippen LogP) is 1.43. The van der Waals surface area contributed by atoms with Gasteiger partial charge in [-0.2, -0.15) is 6.42 Å². The summed E-state index contributed by atoms with van der Waals surface area (Å²) in [6.07, 6.45) is 9.17. The van der Waals surface area contributed by atoms with Gasteiger partial charge in [0, 0.05) is 33.1 Å². The van der Waals surface area contributed by atoms with Crippen LogP contribution in [0, 0.1) is 17.8 Å². The molecule has 87 valence electrons. The van der Waals surface area contributed by atoms with Crippen molar-refractivity contribution < 1.29 is 30.0 Å². The summed E-state index contributed by atoms with van der Waals surface area (Å²) in [5.41, 5.74) is 0.295. The first-order valence-corrected chi connectivity index (χ1v) is 5.68. The average molecular weight is 382 g/mol. The molecule has 3 aliphatic rings. The second-order valence-electron chi connectivity index (χ2n) is 4.89. The Labute approximate surface area is 105 Å². The van der Waals surface area contributed by atoms with E-state index in [1.807, 2.05) is 0 Å². The molecule has 0 aromatic rings. The van der Waals surface area contributed by atoms with E-state index in [0.717, 1.165) is 19.4 Å². The number of rotatable bonds is 1. The Morgan fingerprint density at radius 1 is 1.40 bits per heavy atom. The van der Waals surface area contributed by atoms with Gasteiger partial charge < -0.3 is 16.0 Å². The van der Waals surface area contributed by atoms with Crippen LogP contribution in [0.15, 0.2) is 0 Å².